The Labute approximate surface area is 289 Å². The number of hydrogen-bond acceptors (Lipinski definition) is 7. The molecule has 0 bridgehead atoms. The molecule has 0 aromatic rings. The van der Waals surface area contributed by atoms with Gasteiger partial charge in [-0.15, -0.1) is 0 Å². The summed E-state index contributed by atoms with van der Waals surface area (Å²) in [4.78, 5) is 43.1. The van der Waals surface area contributed by atoms with Crippen molar-refractivity contribution in [3.05, 3.63) is 0 Å². The average Bonchev–Trinajstić information content (AvgIpc) is 3.04. The molecule has 0 atom stereocenters. The van der Waals surface area contributed by atoms with Gasteiger partial charge in [-0.25, -0.2) is 0 Å². The first-order valence-corrected chi connectivity index (χ1v) is 20.4. The number of unbranched alkanes of at least 4 members (excludes halogenated alkanes) is 8. The Morgan fingerprint density at radius 1 is 0.522 bits per heavy atom. The first kappa shape index (κ1) is 44.7. The van der Waals surface area contributed by atoms with Gasteiger partial charge in [0.25, 0.3) is 5.24 Å². The Bertz CT molecular complexity index is 670. The Balaban J connectivity index is 5.03. The van der Waals surface area contributed by atoms with Gasteiger partial charge in [-0.1, -0.05) is 105 Å². The van der Waals surface area contributed by atoms with E-state index in [2.05, 4.69) is 46.4 Å². The molecular formula is C38H74N2O5S. The van der Waals surface area contributed by atoms with Crippen LogP contribution in [-0.4, -0.2) is 77.7 Å². The molecule has 0 aromatic heterocycles. The smallest absolute Gasteiger partial charge is 0.306 e. The summed E-state index contributed by atoms with van der Waals surface area (Å²) in [6, 6.07) is 0. The zero-order valence-electron chi connectivity index (χ0n) is 31.1. The predicted octanol–water partition coefficient (Wildman–Crippen LogP) is 10.6. The van der Waals surface area contributed by atoms with Gasteiger partial charge in [0.1, 0.15) is 12.2 Å². The van der Waals surface area contributed by atoms with Crippen LogP contribution in [0.15, 0.2) is 0 Å². The van der Waals surface area contributed by atoms with Crippen LogP contribution in [0.2, 0.25) is 0 Å². The lowest BCUT2D eigenvalue weighted by atomic mass is 10.0. The van der Waals surface area contributed by atoms with E-state index in [0.29, 0.717) is 38.8 Å². The van der Waals surface area contributed by atoms with Crippen molar-refractivity contribution in [2.45, 2.75) is 189 Å². The molecule has 0 spiro atoms. The van der Waals surface area contributed by atoms with Gasteiger partial charge in [0, 0.05) is 31.7 Å². The SMILES string of the molecule is CCCCCC(CCCCC)OC(=O)CCCN(CCCC(=O)OC(CCCCC)CCCCC)C(=O)SCCCN(CC)CC. The molecule has 0 aliphatic rings. The monoisotopic (exact) mass is 671 g/mol. The Hall–Kier alpha value is -1.28. The van der Waals surface area contributed by atoms with Crippen molar-refractivity contribution in [2.24, 2.45) is 0 Å². The zero-order valence-corrected chi connectivity index (χ0v) is 31.9. The van der Waals surface area contributed by atoms with Crippen LogP contribution in [0, 0.1) is 0 Å². The molecule has 0 rings (SSSR count). The molecule has 0 radical (unpaired) electrons. The number of carbonyl (C=O) groups is 3. The fourth-order valence-corrected chi connectivity index (χ4v) is 6.52. The molecule has 0 aliphatic carbocycles. The number of hydrogen-bond donors (Lipinski definition) is 0. The van der Waals surface area contributed by atoms with Crippen LogP contribution in [0.4, 0.5) is 4.79 Å². The van der Waals surface area contributed by atoms with Crippen molar-refractivity contribution in [2.75, 3.05) is 38.5 Å². The minimum atomic E-state index is -0.155. The van der Waals surface area contributed by atoms with Crippen LogP contribution in [0.1, 0.15) is 176 Å². The van der Waals surface area contributed by atoms with E-state index in [1.807, 2.05) is 4.90 Å². The van der Waals surface area contributed by atoms with Crippen LogP contribution in [-0.2, 0) is 19.1 Å². The highest BCUT2D eigenvalue weighted by Crippen LogP contribution is 2.18. The summed E-state index contributed by atoms with van der Waals surface area (Å²) in [6.45, 7) is 17.1. The molecule has 7 nitrogen and oxygen atoms in total. The van der Waals surface area contributed by atoms with E-state index in [-0.39, 0.29) is 29.4 Å². The zero-order chi connectivity index (χ0) is 34.3. The van der Waals surface area contributed by atoms with Gasteiger partial charge in [-0.3, -0.25) is 14.4 Å². The third-order valence-electron chi connectivity index (χ3n) is 8.73. The van der Waals surface area contributed by atoms with Gasteiger partial charge in [0.2, 0.25) is 0 Å². The van der Waals surface area contributed by atoms with Crippen molar-refractivity contribution in [3.63, 3.8) is 0 Å². The highest BCUT2D eigenvalue weighted by Gasteiger charge is 2.19. The number of thioether (sulfide) groups is 1. The maximum atomic E-state index is 13.3. The van der Waals surface area contributed by atoms with Crippen molar-refractivity contribution in [1.82, 2.24) is 9.80 Å². The number of esters is 2. The number of amides is 1. The lowest BCUT2D eigenvalue weighted by Gasteiger charge is -2.23. The van der Waals surface area contributed by atoms with Crippen molar-refractivity contribution in [3.8, 4) is 0 Å². The standard InChI is InChI=1S/C38H74N2O5S/c1-7-13-17-24-34(25-18-14-8-2)44-36(41)28-21-31-40(38(43)46-33-23-30-39(11-5)12-6)32-22-29-37(42)45-35(26-19-15-9-3)27-20-16-10-4/h34-35H,7-33H2,1-6H3. The van der Waals surface area contributed by atoms with Crippen molar-refractivity contribution < 1.29 is 23.9 Å². The minimum Gasteiger partial charge on any atom is -0.462 e. The largest absolute Gasteiger partial charge is 0.462 e. The lowest BCUT2D eigenvalue weighted by molar-refractivity contribution is -0.150. The molecular weight excluding hydrogens is 596 g/mol. The summed E-state index contributed by atoms with van der Waals surface area (Å²) in [6.07, 6.45) is 20.1. The topological polar surface area (TPSA) is 76.1 Å². The molecule has 0 N–H and O–H groups in total. The molecule has 0 saturated heterocycles. The number of carbonyl (C=O) groups excluding carboxylic acids is 3. The Morgan fingerprint density at radius 2 is 0.913 bits per heavy atom. The van der Waals surface area contributed by atoms with Crippen LogP contribution in [0.25, 0.3) is 0 Å². The van der Waals surface area contributed by atoms with Gasteiger partial charge in [0.05, 0.1) is 0 Å². The summed E-state index contributed by atoms with van der Waals surface area (Å²) in [5.74, 6) is 0.459. The second-order valence-electron chi connectivity index (χ2n) is 12.9. The summed E-state index contributed by atoms with van der Waals surface area (Å²) in [7, 11) is 0. The van der Waals surface area contributed by atoms with E-state index < -0.39 is 0 Å². The fourth-order valence-electron chi connectivity index (χ4n) is 5.70. The summed E-state index contributed by atoms with van der Waals surface area (Å²) in [5.41, 5.74) is 0. The molecule has 0 saturated carbocycles. The number of rotatable bonds is 32. The first-order chi connectivity index (χ1) is 22.3. The first-order valence-electron chi connectivity index (χ1n) is 19.4. The van der Waals surface area contributed by atoms with Crippen LogP contribution < -0.4 is 0 Å². The summed E-state index contributed by atoms with van der Waals surface area (Å²) >= 11 is 1.36. The molecule has 46 heavy (non-hydrogen) atoms. The molecule has 272 valence electrons. The van der Waals surface area contributed by atoms with Crippen LogP contribution >= 0.6 is 11.8 Å². The second-order valence-corrected chi connectivity index (χ2v) is 13.9. The molecule has 1 amide bonds. The maximum absolute atomic E-state index is 13.3. The van der Waals surface area contributed by atoms with E-state index in [0.717, 1.165) is 135 Å². The molecule has 8 heteroatoms. The second kappa shape index (κ2) is 32.3. The molecule has 0 aromatic carbocycles. The predicted molar refractivity (Wildman–Crippen MR) is 197 cm³/mol. The summed E-state index contributed by atoms with van der Waals surface area (Å²) in [5, 5.41) is 0.0373. The highest BCUT2D eigenvalue weighted by atomic mass is 32.2. The molecule has 0 fully saturated rings. The molecule has 0 aliphatic heterocycles. The van der Waals surface area contributed by atoms with E-state index in [4.69, 9.17) is 9.47 Å². The summed E-state index contributed by atoms with van der Waals surface area (Å²) < 4.78 is 11.8. The van der Waals surface area contributed by atoms with Gasteiger partial charge >= 0.3 is 11.9 Å². The maximum Gasteiger partial charge on any atom is 0.306 e. The molecule has 0 heterocycles. The average molecular weight is 671 g/mol. The normalized spacial score (nSPS) is 11.5. The van der Waals surface area contributed by atoms with Gasteiger partial charge in [0.15, 0.2) is 0 Å². The van der Waals surface area contributed by atoms with E-state index >= 15 is 0 Å². The minimum absolute atomic E-state index is 0.00322. The quantitative estimate of drug-likeness (QED) is 0.0521. The Morgan fingerprint density at radius 3 is 1.26 bits per heavy atom. The van der Waals surface area contributed by atoms with Crippen LogP contribution in [0.5, 0.6) is 0 Å². The fraction of sp³-hybridized carbons (Fsp3) is 0.921. The van der Waals surface area contributed by atoms with E-state index in [9.17, 15) is 14.4 Å². The van der Waals surface area contributed by atoms with Crippen molar-refractivity contribution >= 4 is 28.9 Å². The van der Waals surface area contributed by atoms with E-state index in [1.54, 1.807) is 0 Å². The third kappa shape index (κ3) is 25.8. The highest BCUT2D eigenvalue weighted by molar-refractivity contribution is 8.13. The van der Waals surface area contributed by atoms with Gasteiger partial charge in [-0.2, -0.15) is 0 Å². The van der Waals surface area contributed by atoms with E-state index in [1.165, 1.54) is 11.8 Å². The Kier molecular flexibility index (Phi) is 31.4. The van der Waals surface area contributed by atoms with Gasteiger partial charge < -0.3 is 19.3 Å². The van der Waals surface area contributed by atoms with Gasteiger partial charge in [-0.05, 0) is 90.3 Å². The number of nitrogens with zero attached hydrogens (tertiary/aromatic N) is 2. The number of ether oxygens (including phenoxy) is 2. The van der Waals surface area contributed by atoms with Crippen LogP contribution in [0.3, 0.4) is 0 Å². The lowest BCUT2D eigenvalue weighted by Crippen LogP contribution is -2.31. The van der Waals surface area contributed by atoms with Crippen molar-refractivity contribution in [1.29, 1.82) is 0 Å². The third-order valence-corrected chi connectivity index (χ3v) is 9.73. The molecule has 0 unspecified atom stereocenters.